The van der Waals surface area contributed by atoms with Gasteiger partial charge in [0.05, 0.1) is 6.10 Å². The van der Waals surface area contributed by atoms with E-state index >= 15 is 0 Å². The summed E-state index contributed by atoms with van der Waals surface area (Å²) in [7, 11) is 0. The molecule has 92 valence electrons. The molecule has 0 aliphatic carbocycles. The fourth-order valence-corrected chi connectivity index (χ4v) is 1.65. The minimum Gasteiger partial charge on any atom is -0.382 e. The van der Waals surface area contributed by atoms with Crippen LogP contribution in [0.5, 0.6) is 0 Å². The van der Waals surface area contributed by atoms with Gasteiger partial charge in [-0.25, -0.2) is 15.0 Å². The predicted molar refractivity (Wildman–Crippen MR) is 64.3 cm³/mol. The maximum atomic E-state index is 5.71. The van der Waals surface area contributed by atoms with Crippen molar-refractivity contribution in [3.05, 3.63) is 12.2 Å². The fourth-order valence-electron chi connectivity index (χ4n) is 1.65. The van der Waals surface area contributed by atoms with Crippen molar-refractivity contribution >= 4 is 17.0 Å². The Morgan fingerprint density at radius 3 is 2.94 bits per heavy atom. The minimum absolute atomic E-state index is 0.0465. The van der Waals surface area contributed by atoms with Crippen molar-refractivity contribution in [3.8, 4) is 0 Å². The number of anilines is 1. The summed E-state index contributed by atoms with van der Waals surface area (Å²) in [6.45, 7) is 3.01. The molecule has 7 nitrogen and oxygen atoms in total. The predicted octanol–water partition coefficient (Wildman–Crippen LogP) is -0.159. The first-order chi connectivity index (χ1) is 8.24. The van der Waals surface area contributed by atoms with Crippen LogP contribution in [0.15, 0.2) is 6.33 Å². The van der Waals surface area contributed by atoms with E-state index in [-0.39, 0.29) is 6.10 Å². The van der Waals surface area contributed by atoms with Gasteiger partial charge in [0.25, 0.3) is 0 Å². The van der Waals surface area contributed by atoms with Gasteiger partial charge in [-0.3, -0.25) is 0 Å². The zero-order chi connectivity index (χ0) is 12.3. The standard InChI is InChI=1S/C10H16N6O/c1-2-17-6(4-11)3-7-15-8-9(12)13-5-14-10(8)16-7/h5-6H,2-4,11H2,1H3,(H3,12,13,14,15,16). The van der Waals surface area contributed by atoms with E-state index in [4.69, 9.17) is 16.2 Å². The first-order valence-corrected chi connectivity index (χ1v) is 5.51. The number of aromatic nitrogens is 4. The number of nitrogens with two attached hydrogens (primary N) is 2. The highest BCUT2D eigenvalue weighted by atomic mass is 16.5. The molecule has 0 amide bonds. The topological polar surface area (TPSA) is 116 Å². The van der Waals surface area contributed by atoms with Crippen molar-refractivity contribution in [2.24, 2.45) is 5.73 Å². The van der Waals surface area contributed by atoms with E-state index in [1.165, 1.54) is 6.33 Å². The Labute approximate surface area is 98.6 Å². The zero-order valence-corrected chi connectivity index (χ0v) is 9.68. The quantitative estimate of drug-likeness (QED) is 0.664. The summed E-state index contributed by atoms with van der Waals surface area (Å²) in [6, 6.07) is 0. The molecule has 1 unspecified atom stereocenters. The number of nitrogen functional groups attached to an aromatic ring is 1. The fraction of sp³-hybridized carbons (Fsp3) is 0.500. The van der Waals surface area contributed by atoms with Crippen LogP contribution in [0.25, 0.3) is 11.2 Å². The van der Waals surface area contributed by atoms with Gasteiger partial charge in [0.15, 0.2) is 11.5 Å². The largest absolute Gasteiger partial charge is 0.382 e. The number of nitrogens with zero attached hydrogens (tertiary/aromatic N) is 3. The van der Waals surface area contributed by atoms with Gasteiger partial charge in [-0.1, -0.05) is 0 Å². The number of nitrogens with one attached hydrogen (secondary N) is 1. The van der Waals surface area contributed by atoms with E-state index in [1.807, 2.05) is 6.92 Å². The lowest BCUT2D eigenvalue weighted by Gasteiger charge is -2.12. The smallest absolute Gasteiger partial charge is 0.183 e. The van der Waals surface area contributed by atoms with Gasteiger partial charge in [-0.15, -0.1) is 0 Å². The van der Waals surface area contributed by atoms with Crippen LogP contribution in [-0.2, 0) is 11.2 Å². The van der Waals surface area contributed by atoms with Crippen LogP contribution in [0, 0.1) is 0 Å². The lowest BCUT2D eigenvalue weighted by atomic mass is 10.2. The summed E-state index contributed by atoms with van der Waals surface area (Å²) in [6.07, 6.45) is 1.96. The summed E-state index contributed by atoms with van der Waals surface area (Å²) >= 11 is 0. The van der Waals surface area contributed by atoms with Gasteiger partial charge in [-0.05, 0) is 6.92 Å². The van der Waals surface area contributed by atoms with Crippen LogP contribution in [0.1, 0.15) is 12.7 Å². The third kappa shape index (κ3) is 2.51. The van der Waals surface area contributed by atoms with Crippen LogP contribution in [-0.4, -0.2) is 39.2 Å². The van der Waals surface area contributed by atoms with Gasteiger partial charge in [0.1, 0.15) is 17.7 Å². The number of aromatic amines is 1. The number of imidazole rings is 1. The molecule has 0 fully saturated rings. The molecule has 2 rings (SSSR count). The molecule has 2 aromatic rings. The normalized spacial score (nSPS) is 13.1. The zero-order valence-electron chi connectivity index (χ0n) is 9.68. The summed E-state index contributed by atoms with van der Waals surface area (Å²) < 4.78 is 5.47. The third-order valence-electron chi connectivity index (χ3n) is 2.45. The van der Waals surface area contributed by atoms with E-state index < -0.39 is 0 Å². The molecule has 7 heteroatoms. The SMILES string of the molecule is CCOC(CN)Cc1nc2ncnc(N)c2[nH]1. The Kier molecular flexibility index (Phi) is 3.50. The Balaban J connectivity index is 2.21. The summed E-state index contributed by atoms with van der Waals surface area (Å²) in [4.78, 5) is 15.3. The molecule has 2 aromatic heterocycles. The van der Waals surface area contributed by atoms with Crippen molar-refractivity contribution in [2.75, 3.05) is 18.9 Å². The number of hydrogen-bond donors (Lipinski definition) is 3. The van der Waals surface area contributed by atoms with E-state index in [1.54, 1.807) is 0 Å². The Hall–Kier alpha value is -1.73. The van der Waals surface area contributed by atoms with E-state index in [0.717, 1.165) is 5.82 Å². The van der Waals surface area contributed by atoms with Crippen molar-refractivity contribution in [3.63, 3.8) is 0 Å². The van der Waals surface area contributed by atoms with Crippen LogP contribution in [0.4, 0.5) is 5.82 Å². The Bertz CT molecular complexity index is 497. The molecule has 0 saturated carbocycles. The van der Waals surface area contributed by atoms with Crippen LogP contribution >= 0.6 is 0 Å². The average molecular weight is 236 g/mol. The first kappa shape index (κ1) is 11.7. The molecular formula is C10H16N6O. The number of rotatable bonds is 5. The Morgan fingerprint density at radius 2 is 2.29 bits per heavy atom. The van der Waals surface area contributed by atoms with Gasteiger partial charge in [0.2, 0.25) is 0 Å². The lowest BCUT2D eigenvalue weighted by Crippen LogP contribution is -2.26. The molecule has 0 aromatic carbocycles. The highest BCUT2D eigenvalue weighted by Crippen LogP contribution is 2.14. The summed E-state index contributed by atoms with van der Waals surface area (Å²) in [5.41, 5.74) is 12.6. The van der Waals surface area contributed by atoms with Crippen LogP contribution in [0.3, 0.4) is 0 Å². The molecule has 0 aliphatic heterocycles. The molecule has 1 atom stereocenters. The van der Waals surface area contributed by atoms with E-state index in [2.05, 4.69) is 19.9 Å². The second-order valence-electron chi connectivity index (χ2n) is 3.66. The summed E-state index contributed by atoms with van der Waals surface area (Å²) in [5, 5.41) is 0. The van der Waals surface area contributed by atoms with Gasteiger partial charge in [-0.2, -0.15) is 0 Å². The van der Waals surface area contributed by atoms with Gasteiger partial charge in [0, 0.05) is 19.6 Å². The van der Waals surface area contributed by atoms with Gasteiger partial charge < -0.3 is 21.2 Å². The highest BCUT2D eigenvalue weighted by molar-refractivity contribution is 5.80. The molecule has 17 heavy (non-hydrogen) atoms. The monoisotopic (exact) mass is 236 g/mol. The number of H-pyrrole nitrogens is 1. The van der Waals surface area contributed by atoms with Crippen molar-refractivity contribution in [1.29, 1.82) is 0 Å². The van der Waals surface area contributed by atoms with Crippen molar-refractivity contribution in [2.45, 2.75) is 19.4 Å². The van der Waals surface area contributed by atoms with Crippen molar-refractivity contribution in [1.82, 2.24) is 19.9 Å². The number of fused-ring (bicyclic) bond motifs is 1. The van der Waals surface area contributed by atoms with E-state index in [9.17, 15) is 0 Å². The first-order valence-electron chi connectivity index (χ1n) is 5.51. The molecule has 0 spiro atoms. The van der Waals surface area contributed by atoms with Crippen LogP contribution < -0.4 is 11.5 Å². The number of ether oxygens (including phenoxy) is 1. The molecule has 5 N–H and O–H groups in total. The molecular weight excluding hydrogens is 220 g/mol. The highest BCUT2D eigenvalue weighted by Gasteiger charge is 2.12. The third-order valence-corrected chi connectivity index (χ3v) is 2.45. The van der Waals surface area contributed by atoms with Gasteiger partial charge >= 0.3 is 0 Å². The maximum absolute atomic E-state index is 5.71. The van der Waals surface area contributed by atoms with E-state index in [0.29, 0.717) is 36.6 Å². The maximum Gasteiger partial charge on any atom is 0.183 e. The molecule has 0 aliphatic rings. The number of hydrogen-bond acceptors (Lipinski definition) is 6. The van der Waals surface area contributed by atoms with Crippen LogP contribution in [0.2, 0.25) is 0 Å². The molecule has 0 saturated heterocycles. The molecule has 2 heterocycles. The second-order valence-corrected chi connectivity index (χ2v) is 3.66. The lowest BCUT2D eigenvalue weighted by molar-refractivity contribution is 0.0682. The minimum atomic E-state index is -0.0465. The molecule has 0 bridgehead atoms. The van der Waals surface area contributed by atoms with Crippen molar-refractivity contribution < 1.29 is 4.74 Å². The average Bonchev–Trinajstić information content (AvgIpc) is 2.72. The Morgan fingerprint density at radius 1 is 1.47 bits per heavy atom. The summed E-state index contributed by atoms with van der Waals surface area (Å²) in [5.74, 6) is 1.16. The second kappa shape index (κ2) is 5.07. The molecule has 0 radical (unpaired) electrons.